The normalized spacial score (nSPS) is 10.0. The smallest absolute Gasteiger partial charge is 0.221 e. The van der Waals surface area contributed by atoms with Crippen molar-refractivity contribution in [3.05, 3.63) is 42.4 Å². The lowest BCUT2D eigenvalue weighted by atomic mass is 10.2. The van der Waals surface area contributed by atoms with Gasteiger partial charge in [0, 0.05) is 25.1 Å². The molecule has 2 aromatic heterocycles. The zero-order valence-electron chi connectivity index (χ0n) is 8.80. The second-order valence-electron chi connectivity index (χ2n) is 3.34. The lowest BCUT2D eigenvalue weighted by molar-refractivity contribution is 0.990. The Bertz CT molecular complexity index is 443. The first kappa shape index (κ1) is 10.4. The Balaban J connectivity index is 1.85. The molecule has 0 bridgehead atoms. The molecule has 0 spiro atoms. The van der Waals surface area contributed by atoms with Crippen molar-refractivity contribution >= 4 is 11.8 Å². The summed E-state index contributed by atoms with van der Waals surface area (Å²) >= 11 is 0. The standard InChI is InChI=1S/C11H13N5/c12-11-15-7-4-10(16-11)14-6-3-9-2-1-5-13-8-9/h1-2,4-5,7-8H,3,6H2,(H3,12,14,15,16). The van der Waals surface area contributed by atoms with E-state index in [0.717, 1.165) is 18.8 Å². The number of rotatable bonds is 4. The van der Waals surface area contributed by atoms with Crippen LogP contribution >= 0.6 is 0 Å². The monoisotopic (exact) mass is 215 g/mol. The Labute approximate surface area is 93.8 Å². The first-order chi connectivity index (χ1) is 7.84. The molecule has 0 aromatic carbocycles. The minimum Gasteiger partial charge on any atom is -0.370 e. The molecule has 0 aliphatic rings. The molecule has 2 aromatic rings. The lowest BCUT2D eigenvalue weighted by Crippen LogP contribution is -2.07. The predicted molar refractivity (Wildman–Crippen MR) is 62.9 cm³/mol. The number of nitrogen functional groups attached to an aromatic ring is 1. The maximum Gasteiger partial charge on any atom is 0.221 e. The van der Waals surface area contributed by atoms with Crippen LogP contribution in [0.2, 0.25) is 0 Å². The van der Waals surface area contributed by atoms with Crippen LogP contribution in [0.3, 0.4) is 0 Å². The van der Waals surface area contributed by atoms with E-state index in [0.29, 0.717) is 0 Å². The molecule has 0 atom stereocenters. The molecule has 82 valence electrons. The summed E-state index contributed by atoms with van der Waals surface area (Å²) in [5.41, 5.74) is 6.66. The molecule has 0 unspecified atom stereocenters. The van der Waals surface area contributed by atoms with Crippen LogP contribution in [-0.4, -0.2) is 21.5 Å². The molecule has 0 aliphatic carbocycles. The minimum absolute atomic E-state index is 0.284. The van der Waals surface area contributed by atoms with Crippen LogP contribution in [0, 0.1) is 0 Å². The molecule has 16 heavy (non-hydrogen) atoms. The van der Waals surface area contributed by atoms with Crippen molar-refractivity contribution in [1.29, 1.82) is 0 Å². The highest BCUT2D eigenvalue weighted by atomic mass is 15.1. The van der Waals surface area contributed by atoms with Crippen LogP contribution in [0.4, 0.5) is 11.8 Å². The fourth-order valence-electron chi connectivity index (χ4n) is 1.35. The van der Waals surface area contributed by atoms with Crippen molar-refractivity contribution < 1.29 is 0 Å². The molecule has 0 saturated carbocycles. The SMILES string of the molecule is Nc1nccc(NCCc2cccnc2)n1. The van der Waals surface area contributed by atoms with Crippen molar-refractivity contribution in [2.45, 2.75) is 6.42 Å². The maximum atomic E-state index is 5.47. The number of hydrogen-bond donors (Lipinski definition) is 2. The Morgan fingerprint density at radius 1 is 1.25 bits per heavy atom. The third-order valence-corrected chi connectivity index (χ3v) is 2.12. The zero-order valence-corrected chi connectivity index (χ0v) is 8.80. The first-order valence-electron chi connectivity index (χ1n) is 5.06. The van der Waals surface area contributed by atoms with Crippen molar-refractivity contribution in [3.8, 4) is 0 Å². The van der Waals surface area contributed by atoms with E-state index in [-0.39, 0.29) is 5.95 Å². The van der Waals surface area contributed by atoms with E-state index in [1.54, 1.807) is 18.5 Å². The third kappa shape index (κ3) is 2.91. The van der Waals surface area contributed by atoms with Gasteiger partial charge in [0.2, 0.25) is 5.95 Å². The van der Waals surface area contributed by atoms with Gasteiger partial charge in [0.25, 0.3) is 0 Å². The average molecular weight is 215 g/mol. The number of pyridine rings is 1. The van der Waals surface area contributed by atoms with E-state index >= 15 is 0 Å². The number of nitrogens with zero attached hydrogens (tertiary/aromatic N) is 3. The van der Waals surface area contributed by atoms with Crippen molar-refractivity contribution in [1.82, 2.24) is 15.0 Å². The van der Waals surface area contributed by atoms with Gasteiger partial charge in [0.15, 0.2) is 0 Å². The molecule has 3 N–H and O–H groups in total. The number of aromatic nitrogens is 3. The Morgan fingerprint density at radius 3 is 2.94 bits per heavy atom. The summed E-state index contributed by atoms with van der Waals surface area (Å²) in [4.78, 5) is 11.9. The average Bonchev–Trinajstić information content (AvgIpc) is 2.30. The highest BCUT2D eigenvalue weighted by Crippen LogP contribution is 2.03. The van der Waals surface area contributed by atoms with Gasteiger partial charge in [0.05, 0.1) is 0 Å². The van der Waals surface area contributed by atoms with Crippen LogP contribution in [0.25, 0.3) is 0 Å². The molecule has 5 heteroatoms. The second kappa shape index (κ2) is 5.06. The number of nitrogens with one attached hydrogen (secondary N) is 1. The Kier molecular flexibility index (Phi) is 3.28. The van der Waals surface area contributed by atoms with Gasteiger partial charge >= 0.3 is 0 Å². The van der Waals surface area contributed by atoms with Gasteiger partial charge in [-0.2, -0.15) is 4.98 Å². The zero-order chi connectivity index (χ0) is 11.2. The van der Waals surface area contributed by atoms with E-state index in [1.165, 1.54) is 5.56 Å². The summed E-state index contributed by atoms with van der Waals surface area (Å²) in [6.45, 7) is 0.794. The lowest BCUT2D eigenvalue weighted by Gasteiger charge is -2.05. The van der Waals surface area contributed by atoms with Crippen molar-refractivity contribution in [3.63, 3.8) is 0 Å². The van der Waals surface area contributed by atoms with Crippen LogP contribution in [0.1, 0.15) is 5.56 Å². The van der Waals surface area contributed by atoms with Crippen LogP contribution in [0.15, 0.2) is 36.8 Å². The number of hydrogen-bond acceptors (Lipinski definition) is 5. The van der Waals surface area contributed by atoms with Crippen LogP contribution in [-0.2, 0) is 6.42 Å². The van der Waals surface area contributed by atoms with E-state index in [9.17, 15) is 0 Å². The highest BCUT2D eigenvalue weighted by molar-refractivity contribution is 5.37. The van der Waals surface area contributed by atoms with E-state index in [2.05, 4.69) is 20.3 Å². The quantitative estimate of drug-likeness (QED) is 0.798. The Hall–Kier alpha value is -2.17. The summed E-state index contributed by atoms with van der Waals surface area (Å²) in [7, 11) is 0. The summed E-state index contributed by atoms with van der Waals surface area (Å²) in [6.07, 6.45) is 6.16. The van der Waals surface area contributed by atoms with Gasteiger partial charge in [0.1, 0.15) is 5.82 Å². The molecule has 2 rings (SSSR count). The molecule has 0 amide bonds. The van der Waals surface area contributed by atoms with Crippen molar-refractivity contribution in [2.75, 3.05) is 17.6 Å². The predicted octanol–water partition coefficient (Wildman–Crippen LogP) is 1.11. The van der Waals surface area contributed by atoms with E-state index in [4.69, 9.17) is 5.73 Å². The molecule has 0 fully saturated rings. The number of nitrogens with two attached hydrogens (primary N) is 1. The van der Waals surface area contributed by atoms with Crippen LogP contribution < -0.4 is 11.1 Å². The summed E-state index contributed by atoms with van der Waals surface area (Å²) in [5, 5.41) is 3.18. The molecule has 0 aliphatic heterocycles. The Morgan fingerprint density at radius 2 is 2.19 bits per heavy atom. The van der Waals surface area contributed by atoms with Gasteiger partial charge in [-0.3, -0.25) is 4.98 Å². The van der Waals surface area contributed by atoms with E-state index in [1.807, 2.05) is 18.3 Å². The maximum absolute atomic E-state index is 5.47. The molecule has 0 saturated heterocycles. The fraction of sp³-hybridized carbons (Fsp3) is 0.182. The van der Waals surface area contributed by atoms with Gasteiger partial charge in [-0.1, -0.05) is 6.07 Å². The summed E-state index contributed by atoms with van der Waals surface area (Å²) in [6, 6.07) is 5.76. The first-order valence-corrected chi connectivity index (χ1v) is 5.06. The fourth-order valence-corrected chi connectivity index (χ4v) is 1.35. The van der Waals surface area contributed by atoms with E-state index < -0.39 is 0 Å². The summed E-state index contributed by atoms with van der Waals surface area (Å²) < 4.78 is 0. The molecule has 5 nitrogen and oxygen atoms in total. The second-order valence-corrected chi connectivity index (χ2v) is 3.34. The molecular formula is C11H13N5. The van der Waals surface area contributed by atoms with Crippen molar-refractivity contribution in [2.24, 2.45) is 0 Å². The highest BCUT2D eigenvalue weighted by Gasteiger charge is 1.95. The molecule has 0 radical (unpaired) electrons. The van der Waals surface area contributed by atoms with Gasteiger partial charge in [-0.05, 0) is 24.1 Å². The minimum atomic E-state index is 0.284. The van der Waals surface area contributed by atoms with Gasteiger partial charge in [-0.15, -0.1) is 0 Å². The molecule has 2 heterocycles. The van der Waals surface area contributed by atoms with Gasteiger partial charge < -0.3 is 11.1 Å². The largest absolute Gasteiger partial charge is 0.370 e. The van der Waals surface area contributed by atoms with Gasteiger partial charge in [-0.25, -0.2) is 4.98 Å². The summed E-state index contributed by atoms with van der Waals surface area (Å²) in [5.74, 6) is 1.03. The topological polar surface area (TPSA) is 76.7 Å². The van der Waals surface area contributed by atoms with Crippen LogP contribution in [0.5, 0.6) is 0 Å². The molecular weight excluding hydrogens is 202 g/mol. The third-order valence-electron chi connectivity index (χ3n) is 2.12. The number of anilines is 2.